The maximum atomic E-state index is 10.7. The van der Waals surface area contributed by atoms with Gasteiger partial charge in [0.2, 0.25) is 0 Å². The Hall–Kier alpha value is -0.820. The molecule has 0 atom stereocenters. The lowest BCUT2D eigenvalue weighted by molar-refractivity contribution is -0.116. The van der Waals surface area contributed by atoms with Crippen molar-refractivity contribution in [2.45, 2.75) is 25.6 Å². The van der Waals surface area contributed by atoms with Gasteiger partial charge in [0.25, 0.3) is 0 Å². The Morgan fingerprint density at radius 1 is 1.23 bits per heavy atom. The fourth-order valence-electron chi connectivity index (χ4n) is 1.12. The standard InChI is InChI=1S/C11H13ClO/c1-9(13)2-3-10-4-6-11(8-12)7-5-10/h4-7H,2-3,8H2,1H3. The highest BCUT2D eigenvalue weighted by Crippen LogP contribution is 2.08. The van der Waals surface area contributed by atoms with Crippen LogP contribution in [0.25, 0.3) is 0 Å². The number of hydrogen-bond donors (Lipinski definition) is 0. The number of alkyl halides is 1. The maximum Gasteiger partial charge on any atom is 0.130 e. The van der Waals surface area contributed by atoms with Crippen LogP contribution in [0.4, 0.5) is 0 Å². The summed E-state index contributed by atoms with van der Waals surface area (Å²) in [5.74, 6) is 0.786. The fraction of sp³-hybridized carbons (Fsp3) is 0.364. The van der Waals surface area contributed by atoms with E-state index in [4.69, 9.17) is 11.6 Å². The fourth-order valence-corrected chi connectivity index (χ4v) is 1.29. The molecule has 0 N–H and O–H groups in total. The second kappa shape index (κ2) is 5.03. The zero-order chi connectivity index (χ0) is 9.68. The number of carbonyl (C=O) groups excluding carboxylic acids is 1. The number of ketones is 1. The van der Waals surface area contributed by atoms with E-state index < -0.39 is 0 Å². The largest absolute Gasteiger partial charge is 0.300 e. The van der Waals surface area contributed by atoms with Crippen LogP contribution in [0.3, 0.4) is 0 Å². The molecule has 0 amide bonds. The minimum Gasteiger partial charge on any atom is -0.300 e. The van der Waals surface area contributed by atoms with E-state index in [0.717, 1.165) is 12.0 Å². The summed E-state index contributed by atoms with van der Waals surface area (Å²) < 4.78 is 0. The minimum absolute atomic E-state index is 0.237. The van der Waals surface area contributed by atoms with Gasteiger partial charge in [-0.3, -0.25) is 0 Å². The summed E-state index contributed by atoms with van der Waals surface area (Å²) in [7, 11) is 0. The summed E-state index contributed by atoms with van der Waals surface area (Å²) in [4.78, 5) is 10.7. The van der Waals surface area contributed by atoms with Crippen molar-refractivity contribution in [1.29, 1.82) is 0 Å². The van der Waals surface area contributed by atoms with Gasteiger partial charge in [0.1, 0.15) is 5.78 Å². The van der Waals surface area contributed by atoms with Gasteiger partial charge in [0.05, 0.1) is 0 Å². The Balaban J connectivity index is 2.54. The number of carbonyl (C=O) groups is 1. The van der Waals surface area contributed by atoms with E-state index in [-0.39, 0.29) is 5.78 Å². The van der Waals surface area contributed by atoms with E-state index in [9.17, 15) is 4.79 Å². The molecule has 0 saturated heterocycles. The summed E-state index contributed by atoms with van der Waals surface area (Å²) in [5.41, 5.74) is 2.32. The lowest BCUT2D eigenvalue weighted by Crippen LogP contribution is -1.93. The molecular weight excluding hydrogens is 184 g/mol. The molecule has 0 aliphatic heterocycles. The molecule has 1 aromatic carbocycles. The lowest BCUT2D eigenvalue weighted by atomic mass is 10.1. The molecular formula is C11H13ClO. The van der Waals surface area contributed by atoms with Gasteiger partial charge in [-0.1, -0.05) is 24.3 Å². The molecule has 0 unspecified atom stereocenters. The summed E-state index contributed by atoms with van der Waals surface area (Å²) in [6.07, 6.45) is 1.46. The molecule has 1 aromatic rings. The van der Waals surface area contributed by atoms with Gasteiger partial charge in [0, 0.05) is 12.3 Å². The van der Waals surface area contributed by atoms with E-state index in [1.54, 1.807) is 6.92 Å². The van der Waals surface area contributed by atoms with Crippen LogP contribution in [0.5, 0.6) is 0 Å². The summed E-state index contributed by atoms with van der Waals surface area (Å²) in [6, 6.07) is 8.06. The predicted octanol–water partition coefficient (Wildman–Crippen LogP) is 2.95. The van der Waals surface area contributed by atoms with Crippen molar-refractivity contribution in [3.05, 3.63) is 35.4 Å². The van der Waals surface area contributed by atoms with Crippen molar-refractivity contribution >= 4 is 17.4 Å². The number of rotatable bonds is 4. The first-order valence-corrected chi connectivity index (χ1v) is 4.89. The second-order valence-corrected chi connectivity index (χ2v) is 3.42. The van der Waals surface area contributed by atoms with Gasteiger partial charge in [-0.05, 0) is 24.5 Å². The third-order valence-corrected chi connectivity index (χ3v) is 2.25. The number of aryl methyl sites for hydroxylation is 1. The maximum absolute atomic E-state index is 10.7. The highest BCUT2D eigenvalue weighted by Gasteiger charge is 1.96. The van der Waals surface area contributed by atoms with Crippen molar-refractivity contribution in [3.8, 4) is 0 Å². The van der Waals surface area contributed by atoms with E-state index in [1.807, 2.05) is 24.3 Å². The zero-order valence-electron chi connectivity index (χ0n) is 7.72. The van der Waals surface area contributed by atoms with Gasteiger partial charge >= 0.3 is 0 Å². The zero-order valence-corrected chi connectivity index (χ0v) is 8.47. The minimum atomic E-state index is 0.237. The molecule has 0 spiro atoms. The molecule has 2 heteroatoms. The van der Waals surface area contributed by atoms with Crippen molar-refractivity contribution in [3.63, 3.8) is 0 Å². The first-order chi connectivity index (χ1) is 6.22. The van der Waals surface area contributed by atoms with Crippen LogP contribution < -0.4 is 0 Å². The van der Waals surface area contributed by atoms with Crippen LogP contribution in [-0.2, 0) is 17.1 Å². The van der Waals surface area contributed by atoms with Gasteiger partial charge in [-0.15, -0.1) is 11.6 Å². The summed E-state index contributed by atoms with van der Waals surface area (Å²) in [5, 5.41) is 0. The Kier molecular flexibility index (Phi) is 3.97. The Bertz CT molecular complexity index is 277. The van der Waals surface area contributed by atoms with Crippen LogP contribution in [0, 0.1) is 0 Å². The summed E-state index contributed by atoms with van der Waals surface area (Å²) in [6.45, 7) is 1.62. The Morgan fingerprint density at radius 3 is 2.23 bits per heavy atom. The number of halogens is 1. The summed E-state index contributed by atoms with van der Waals surface area (Å²) >= 11 is 5.65. The molecule has 0 aliphatic carbocycles. The van der Waals surface area contributed by atoms with Crippen LogP contribution in [0.15, 0.2) is 24.3 Å². The molecule has 0 aliphatic rings. The molecule has 1 nitrogen and oxygen atoms in total. The van der Waals surface area contributed by atoms with E-state index in [2.05, 4.69) is 0 Å². The van der Waals surface area contributed by atoms with E-state index in [0.29, 0.717) is 12.3 Å². The van der Waals surface area contributed by atoms with Crippen LogP contribution in [0.2, 0.25) is 0 Å². The lowest BCUT2D eigenvalue weighted by Gasteiger charge is -2.00. The molecule has 0 bridgehead atoms. The number of hydrogen-bond acceptors (Lipinski definition) is 1. The SMILES string of the molecule is CC(=O)CCc1ccc(CCl)cc1. The average Bonchev–Trinajstić information content (AvgIpc) is 2.15. The van der Waals surface area contributed by atoms with Crippen molar-refractivity contribution in [2.75, 3.05) is 0 Å². The van der Waals surface area contributed by atoms with E-state index >= 15 is 0 Å². The van der Waals surface area contributed by atoms with Crippen molar-refractivity contribution < 1.29 is 4.79 Å². The van der Waals surface area contributed by atoms with Gasteiger partial charge < -0.3 is 4.79 Å². The van der Waals surface area contributed by atoms with Gasteiger partial charge in [0.15, 0.2) is 0 Å². The Labute approximate surface area is 83.7 Å². The molecule has 70 valence electrons. The molecule has 0 heterocycles. The average molecular weight is 197 g/mol. The van der Waals surface area contributed by atoms with Crippen LogP contribution in [0.1, 0.15) is 24.5 Å². The quantitative estimate of drug-likeness (QED) is 0.677. The predicted molar refractivity (Wildman–Crippen MR) is 55.0 cm³/mol. The molecule has 0 fully saturated rings. The van der Waals surface area contributed by atoms with Gasteiger partial charge in [-0.25, -0.2) is 0 Å². The highest BCUT2D eigenvalue weighted by molar-refractivity contribution is 6.17. The molecule has 13 heavy (non-hydrogen) atoms. The number of benzene rings is 1. The molecule has 0 aromatic heterocycles. The first-order valence-electron chi connectivity index (χ1n) is 4.35. The third kappa shape index (κ3) is 3.60. The highest BCUT2D eigenvalue weighted by atomic mass is 35.5. The van der Waals surface area contributed by atoms with Crippen molar-refractivity contribution in [2.24, 2.45) is 0 Å². The third-order valence-electron chi connectivity index (χ3n) is 1.94. The van der Waals surface area contributed by atoms with E-state index in [1.165, 1.54) is 5.56 Å². The Morgan fingerprint density at radius 2 is 1.77 bits per heavy atom. The van der Waals surface area contributed by atoms with Crippen LogP contribution in [-0.4, -0.2) is 5.78 Å². The molecule has 0 radical (unpaired) electrons. The normalized spacial score (nSPS) is 10.0. The smallest absolute Gasteiger partial charge is 0.130 e. The van der Waals surface area contributed by atoms with Crippen molar-refractivity contribution in [1.82, 2.24) is 0 Å². The number of Topliss-reactive ketones (excluding diaryl/α,β-unsaturated/α-hetero) is 1. The van der Waals surface area contributed by atoms with Gasteiger partial charge in [-0.2, -0.15) is 0 Å². The second-order valence-electron chi connectivity index (χ2n) is 3.15. The molecule has 1 rings (SSSR count). The molecule has 0 saturated carbocycles. The van der Waals surface area contributed by atoms with Crippen LogP contribution >= 0.6 is 11.6 Å². The topological polar surface area (TPSA) is 17.1 Å². The monoisotopic (exact) mass is 196 g/mol. The first kappa shape index (κ1) is 10.3.